The lowest BCUT2D eigenvalue weighted by Gasteiger charge is -2.09. The topological polar surface area (TPSA) is 72.0 Å². The van der Waals surface area contributed by atoms with Crippen LogP contribution < -0.4 is 15.4 Å². The number of anilines is 3. The molecule has 21 heavy (non-hydrogen) atoms. The van der Waals surface area contributed by atoms with Crippen LogP contribution in [0.25, 0.3) is 0 Å². The first-order chi connectivity index (χ1) is 10.2. The predicted molar refractivity (Wildman–Crippen MR) is 84.5 cm³/mol. The van der Waals surface area contributed by atoms with Crippen LogP contribution in [0.5, 0.6) is 5.75 Å². The van der Waals surface area contributed by atoms with Gasteiger partial charge in [-0.1, -0.05) is 13.0 Å². The molecule has 7 heteroatoms. The monoisotopic (exact) mass is 307 g/mol. The molecular formula is C14H18ClN5O. The molecule has 1 aromatic carbocycles. The Hall–Kier alpha value is -2.08. The van der Waals surface area contributed by atoms with Crippen LogP contribution in [0, 0.1) is 0 Å². The van der Waals surface area contributed by atoms with Crippen LogP contribution in [0.1, 0.15) is 20.3 Å². The Balaban J connectivity index is 2.14. The van der Waals surface area contributed by atoms with Crippen molar-refractivity contribution in [2.45, 2.75) is 20.3 Å². The van der Waals surface area contributed by atoms with Crippen LogP contribution in [-0.4, -0.2) is 28.1 Å². The number of halogens is 1. The third-order valence-corrected chi connectivity index (χ3v) is 2.71. The van der Waals surface area contributed by atoms with Crippen LogP contribution >= 0.6 is 11.6 Å². The predicted octanol–water partition coefficient (Wildman–Crippen LogP) is 3.49. The van der Waals surface area contributed by atoms with E-state index in [-0.39, 0.29) is 5.28 Å². The Morgan fingerprint density at radius 3 is 2.71 bits per heavy atom. The number of nitrogens with zero attached hydrogens (tertiary/aromatic N) is 3. The van der Waals surface area contributed by atoms with Gasteiger partial charge in [0.05, 0.1) is 6.61 Å². The molecule has 0 fully saturated rings. The zero-order chi connectivity index (χ0) is 15.1. The summed E-state index contributed by atoms with van der Waals surface area (Å²) in [6, 6.07) is 7.56. The van der Waals surface area contributed by atoms with Gasteiger partial charge in [-0.05, 0) is 37.1 Å². The van der Waals surface area contributed by atoms with Gasteiger partial charge in [-0.15, -0.1) is 0 Å². The fourth-order valence-corrected chi connectivity index (χ4v) is 1.84. The Labute approximate surface area is 128 Å². The van der Waals surface area contributed by atoms with E-state index in [2.05, 4.69) is 32.5 Å². The highest BCUT2D eigenvalue weighted by Gasteiger charge is 2.05. The molecule has 0 aliphatic carbocycles. The normalized spacial score (nSPS) is 10.2. The number of ether oxygens (including phenoxy) is 1. The van der Waals surface area contributed by atoms with Gasteiger partial charge in [0.2, 0.25) is 17.2 Å². The van der Waals surface area contributed by atoms with Crippen LogP contribution in [-0.2, 0) is 0 Å². The highest BCUT2D eigenvalue weighted by molar-refractivity contribution is 6.28. The molecule has 6 nitrogen and oxygen atoms in total. The van der Waals surface area contributed by atoms with Crippen molar-refractivity contribution >= 4 is 29.2 Å². The molecule has 2 N–H and O–H groups in total. The summed E-state index contributed by atoms with van der Waals surface area (Å²) in [5, 5.41) is 6.32. The third-order valence-electron chi connectivity index (χ3n) is 2.54. The van der Waals surface area contributed by atoms with E-state index in [1.165, 1.54) is 0 Å². The molecule has 2 aromatic rings. The van der Waals surface area contributed by atoms with Crippen molar-refractivity contribution in [2.75, 3.05) is 23.8 Å². The maximum absolute atomic E-state index is 5.91. The highest BCUT2D eigenvalue weighted by Crippen LogP contribution is 2.20. The minimum absolute atomic E-state index is 0.145. The van der Waals surface area contributed by atoms with Crippen molar-refractivity contribution in [3.63, 3.8) is 0 Å². The van der Waals surface area contributed by atoms with Gasteiger partial charge in [-0.25, -0.2) is 0 Å². The number of rotatable bonds is 7. The summed E-state index contributed by atoms with van der Waals surface area (Å²) in [5.41, 5.74) is 0.824. The lowest BCUT2D eigenvalue weighted by Crippen LogP contribution is -2.07. The molecule has 0 aliphatic heterocycles. The molecule has 2 rings (SSSR count). The zero-order valence-electron chi connectivity index (χ0n) is 12.1. The van der Waals surface area contributed by atoms with Crippen LogP contribution in [0.3, 0.4) is 0 Å². The maximum Gasteiger partial charge on any atom is 0.233 e. The van der Waals surface area contributed by atoms with Gasteiger partial charge in [0, 0.05) is 18.3 Å². The van der Waals surface area contributed by atoms with Crippen molar-refractivity contribution in [2.24, 2.45) is 0 Å². The van der Waals surface area contributed by atoms with Crippen molar-refractivity contribution in [1.82, 2.24) is 15.0 Å². The summed E-state index contributed by atoms with van der Waals surface area (Å²) in [6.45, 7) is 5.40. The molecular weight excluding hydrogens is 290 g/mol. The lowest BCUT2D eigenvalue weighted by molar-refractivity contribution is 0.340. The van der Waals surface area contributed by atoms with Gasteiger partial charge in [-0.2, -0.15) is 15.0 Å². The van der Waals surface area contributed by atoms with Gasteiger partial charge in [0.15, 0.2) is 0 Å². The largest absolute Gasteiger partial charge is 0.494 e. The van der Waals surface area contributed by atoms with Crippen molar-refractivity contribution < 1.29 is 4.74 Å². The maximum atomic E-state index is 5.91. The van der Waals surface area contributed by atoms with Crippen LogP contribution in [0.15, 0.2) is 24.3 Å². The minimum Gasteiger partial charge on any atom is -0.494 e. The van der Waals surface area contributed by atoms with Crippen molar-refractivity contribution in [1.29, 1.82) is 0 Å². The average molecular weight is 308 g/mol. The van der Waals surface area contributed by atoms with E-state index in [1.54, 1.807) is 0 Å². The second-order valence-electron chi connectivity index (χ2n) is 4.26. The molecule has 0 aliphatic rings. The summed E-state index contributed by atoms with van der Waals surface area (Å²) in [7, 11) is 0. The zero-order valence-corrected chi connectivity index (χ0v) is 12.8. The Morgan fingerprint density at radius 1 is 1.14 bits per heavy atom. The summed E-state index contributed by atoms with van der Waals surface area (Å²) in [6.07, 6.45) is 0.975. The number of hydrogen-bond donors (Lipinski definition) is 2. The van der Waals surface area contributed by atoms with E-state index in [1.807, 2.05) is 31.2 Å². The van der Waals surface area contributed by atoms with E-state index in [0.29, 0.717) is 18.5 Å². The second-order valence-corrected chi connectivity index (χ2v) is 4.60. The molecule has 1 heterocycles. The SMILES string of the molecule is CCCNc1nc(Cl)nc(Nc2cccc(OCC)c2)n1. The highest BCUT2D eigenvalue weighted by atomic mass is 35.5. The first kappa shape index (κ1) is 15.3. The van der Waals surface area contributed by atoms with E-state index in [0.717, 1.165) is 24.4 Å². The summed E-state index contributed by atoms with van der Waals surface area (Å²) in [4.78, 5) is 12.4. The molecule has 0 amide bonds. The Bertz CT molecular complexity index is 593. The molecule has 0 saturated carbocycles. The molecule has 0 radical (unpaired) electrons. The van der Waals surface area contributed by atoms with Gasteiger partial charge < -0.3 is 15.4 Å². The van der Waals surface area contributed by atoms with Gasteiger partial charge >= 0.3 is 0 Å². The fraction of sp³-hybridized carbons (Fsp3) is 0.357. The van der Waals surface area contributed by atoms with E-state index in [9.17, 15) is 0 Å². The second kappa shape index (κ2) is 7.64. The fourth-order valence-electron chi connectivity index (χ4n) is 1.68. The van der Waals surface area contributed by atoms with E-state index >= 15 is 0 Å². The molecule has 0 bridgehead atoms. The van der Waals surface area contributed by atoms with Gasteiger partial charge in [-0.3, -0.25) is 0 Å². The van der Waals surface area contributed by atoms with Gasteiger partial charge in [0.25, 0.3) is 0 Å². The quantitative estimate of drug-likeness (QED) is 0.816. The van der Waals surface area contributed by atoms with Crippen molar-refractivity contribution in [3.05, 3.63) is 29.5 Å². The van der Waals surface area contributed by atoms with Crippen molar-refractivity contribution in [3.8, 4) is 5.75 Å². The van der Waals surface area contributed by atoms with E-state index in [4.69, 9.17) is 16.3 Å². The minimum atomic E-state index is 0.145. The first-order valence-electron chi connectivity index (χ1n) is 6.86. The Kier molecular flexibility index (Phi) is 5.57. The molecule has 1 aromatic heterocycles. The molecule has 0 saturated heterocycles. The number of benzene rings is 1. The third kappa shape index (κ3) is 4.75. The lowest BCUT2D eigenvalue weighted by atomic mass is 10.3. The molecule has 0 spiro atoms. The van der Waals surface area contributed by atoms with Gasteiger partial charge in [0.1, 0.15) is 5.75 Å². The molecule has 112 valence electrons. The van der Waals surface area contributed by atoms with Crippen LogP contribution in [0.4, 0.5) is 17.6 Å². The standard InChI is InChI=1S/C14H18ClN5O/c1-3-8-16-13-18-12(15)19-14(20-13)17-10-6-5-7-11(9-10)21-4-2/h5-7,9H,3-4,8H2,1-2H3,(H2,16,17,18,19,20). The number of aromatic nitrogens is 3. The Morgan fingerprint density at radius 2 is 1.95 bits per heavy atom. The first-order valence-corrected chi connectivity index (χ1v) is 7.24. The van der Waals surface area contributed by atoms with Crippen LogP contribution in [0.2, 0.25) is 5.28 Å². The van der Waals surface area contributed by atoms with E-state index < -0.39 is 0 Å². The summed E-state index contributed by atoms with van der Waals surface area (Å²) < 4.78 is 5.45. The summed E-state index contributed by atoms with van der Waals surface area (Å²) in [5.74, 6) is 1.63. The number of nitrogens with one attached hydrogen (secondary N) is 2. The molecule has 0 atom stereocenters. The average Bonchev–Trinajstić information content (AvgIpc) is 2.45. The smallest absolute Gasteiger partial charge is 0.233 e. The molecule has 0 unspecified atom stereocenters. The summed E-state index contributed by atoms with van der Waals surface area (Å²) >= 11 is 5.91. The number of hydrogen-bond acceptors (Lipinski definition) is 6.